The SMILES string of the molecule is C[C@@H](O)[C@H]1C(=O)N2C(C(=O)[O-])=C(C=NO)CO[C@H]12.[Na+]. The topological polar surface area (TPSA) is 122 Å². The van der Waals surface area contributed by atoms with Gasteiger partial charge in [-0.15, -0.1) is 0 Å². The van der Waals surface area contributed by atoms with Crippen LogP contribution in [0.5, 0.6) is 0 Å². The minimum atomic E-state index is -1.56. The number of amides is 1. The molecule has 0 spiro atoms. The van der Waals surface area contributed by atoms with Crippen molar-refractivity contribution >= 4 is 18.1 Å². The maximum Gasteiger partial charge on any atom is 1.00 e. The summed E-state index contributed by atoms with van der Waals surface area (Å²) in [4.78, 5) is 23.7. The number of rotatable bonds is 3. The van der Waals surface area contributed by atoms with Crippen molar-refractivity contribution in [2.24, 2.45) is 11.1 Å². The molecule has 9 heteroatoms. The Kier molecular flexibility index (Phi) is 5.11. The number of aliphatic hydroxyl groups excluding tert-OH is 1. The van der Waals surface area contributed by atoms with Crippen molar-refractivity contribution in [2.75, 3.05) is 6.61 Å². The summed E-state index contributed by atoms with van der Waals surface area (Å²) in [5.41, 5.74) is -0.350. The number of β-lactam (4-membered cyclic amide) rings is 1. The van der Waals surface area contributed by atoms with Crippen LogP contribution >= 0.6 is 0 Å². The van der Waals surface area contributed by atoms with Crippen molar-refractivity contribution in [3.8, 4) is 0 Å². The Labute approximate surface area is 130 Å². The molecular formula is C10H11N2NaO6. The Morgan fingerprint density at radius 2 is 2.32 bits per heavy atom. The van der Waals surface area contributed by atoms with Crippen molar-refractivity contribution in [1.82, 2.24) is 4.90 Å². The zero-order valence-electron chi connectivity index (χ0n) is 10.4. The smallest absolute Gasteiger partial charge is 0.543 e. The van der Waals surface area contributed by atoms with Crippen LogP contribution < -0.4 is 34.7 Å². The average Bonchev–Trinajstić information content (AvgIpc) is 2.28. The summed E-state index contributed by atoms with van der Waals surface area (Å²) in [6.07, 6.45) is -0.874. The number of carboxylic acids is 1. The largest absolute Gasteiger partial charge is 1.00 e. The van der Waals surface area contributed by atoms with Crippen LogP contribution in [-0.2, 0) is 14.3 Å². The number of ether oxygens (including phenoxy) is 1. The summed E-state index contributed by atoms with van der Waals surface area (Å²) in [5.74, 6) is -2.90. The normalized spacial score (nSPS) is 27.7. The van der Waals surface area contributed by atoms with E-state index in [1.807, 2.05) is 0 Å². The van der Waals surface area contributed by atoms with E-state index in [-0.39, 0.29) is 47.4 Å². The molecule has 2 aliphatic rings. The molecule has 2 aliphatic heterocycles. The van der Waals surface area contributed by atoms with Gasteiger partial charge in [0.15, 0.2) is 6.23 Å². The van der Waals surface area contributed by atoms with Gasteiger partial charge in [0.05, 0.1) is 30.6 Å². The first-order valence-corrected chi connectivity index (χ1v) is 5.23. The molecule has 19 heavy (non-hydrogen) atoms. The Morgan fingerprint density at radius 1 is 1.68 bits per heavy atom. The van der Waals surface area contributed by atoms with E-state index in [1.54, 1.807) is 0 Å². The number of carbonyl (C=O) groups excluding carboxylic acids is 2. The van der Waals surface area contributed by atoms with Gasteiger partial charge >= 0.3 is 29.6 Å². The van der Waals surface area contributed by atoms with E-state index in [0.717, 1.165) is 11.1 Å². The Balaban J connectivity index is 0.00000180. The fraction of sp³-hybridized carbons (Fsp3) is 0.500. The summed E-state index contributed by atoms with van der Waals surface area (Å²) in [5, 5.41) is 31.6. The molecule has 0 bridgehead atoms. The summed E-state index contributed by atoms with van der Waals surface area (Å²) < 4.78 is 5.26. The second-order valence-electron chi connectivity index (χ2n) is 4.08. The van der Waals surface area contributed by atoms with E-state index in [0.29, 0.717) is 0 Å². The summed E-state index contributed by atoms with van der Waals surface area (Å²) in [7, 11) is 0. The van der Waals surface area contributed by atoms with Gasteiger partial charge in [-0.05, 0) is 6.92 Å². The van der Waals surface area contributed by atoms with Crippen LogP contribution in [0.1, 0.15) is 6.92 Å². The second-order valence-corrected chi connectivity index (χ2v) is 4.08. The van der Waals surface area contributed by atoms with Crippen molar-refractivity contribution in [3.05, 3.63) is 11.3 Å². The predicted molar refractivity (Wildman–Crippen MR) is 54.1 cm³/mol. The maximum atomic E-state index is 11.8. The van der Waals surface area contributed by atoms with Crippen LogP contribution in [0.2, 0.25) is 0 Å². The van der Waals surface area contributed by atoms with E-state index in [2.05, 4.69) is 5.16 Å². The molecule has 0 aliphatic carbocycles. The van der Waals surface area contributed by atoms with Crippen molar-refractivity contribution in [3.63, 3.8) is 0 Å². The number of fused-ring (bicyclic) bond motifs is 1. The molecule has 98 valence electrons. The van der Waals surface area contributed by atoms with Gasteiger partial charge in [0.1, 0.15) is 5.92 Å². The number of aliphatic hydroxyl groups is 1. The number of hydrogen-bond acceptors (Lipinski definition) is 7. The third-order valence-electron chi connectivity index (χ3n) is 2.97. The zero-order valence-corrected chi connectivity index (χ0v) is 12.4. The van der Waals surface area contributed by atoms with Crippen molar-refractivity contribution in [1.29, 1.82) is 0 Å². The van der Waals surface area contributed by atoms with Crippen LogP contribution in [0.3, 0.4) is 0 Å². The summed E-state index contributed by atoms with van der Waals surface area (Å²) in [6.45, 7) is 1.29. The number of carboxylic acid groups (broad SMARTS) is 1. The van der Waals surface area contributed by atoms with Crippen LogP contribution in [0.4, 0.5) is 0 Å². The molecule has 0 saturated carbocycles. The van der Waals surface area contributed by atoms with E-state index < -0.39 is 30.1 Å². The molecule has 3 atom stereocenters. The van der Waals surface area contributed by atoms with Gasteiger partial charge in [0, 0.05) is 5.57 Å². The first kappa shape index (κ1) is 16.1. The molecule has 0 aromatic rings. The minimum absolute atomic E-state index is 0. The Hall–Kier alpha value is -0.930. The van der Waals surface area contributed by atoms with Gasteiger partial charge < -0.3 is 25.0 Å². The van der Waals surface area contributed by atoms with Crippen LogP contribution in [0.15, 0.2) is 16.4 Å². The zero-order chi connectivity index (χ0) is 13.4. The number of oxime groups is 1. The number of carbonyl (C=O) groups is 2. The summed E-state index contributed by atoms with van der Waals surface area (Å²) in [6, 6.07) is 0. The molecule has 8 nitrogen and oxygen atoms in total. The predicted octanol–water partition coefficient (Wildman–Crippen LogP) is -5.35. The Bertz CT molecular complexity index is 461. The molecule has 1 saturated heterocycles. The fourth-order valence-electron chi connectivity index (χ4n) is 2.14. The van der Waals surface area contributed by atoms with E-state index in [1.165, 1.54) is 6.92 Å². The molecule has 0 aromatic heterocycles. The van der Waals surface area contributed by atoms with Gasteiger partial charge in [-0.1, -0.05) is 5.16 Å². The first-order chi connectivity index (χ1) is 8.49. The average molecular weight is 278 g/mol. The van der Waals surface area contributed by atoms with Gasteiger partial charge in [-0.2, -0.15) is 0 Å². The van der Waals surface area contributed by atoms with Crippen molar-refractivity contribution < 1.29 is 59.3 Å². The van der Waals surface area contributed by atoms with Crippen LogP contribution in [0, 0.1) is 5.92 Å². The molecule has 1 fully saturated rings. The monoisotopic (exact) mass is 278 g/mol. The fourth-order valence-corrected chi connectivity index (χ4v) is 2.14. The molecular weight excluding hydrogens is 267 g/mol. The third kappa shape index (κ3) is 2.54. The quantitative estimate of drug-likeness (QED) is 0.175. The molecule has 2 N–H and O–H groups in total. The number of nitrogens with zero attached hydrogens (tertiary/aromatic N) is 2. The van der Waals surface area contributed by atoms with Crippen molar-refractivity contribution in [2.45, 2.75) is 19.3 Å². The first-order valence-electron chi connectivity index (χ1n) is 5.23. The van der Waals surface area contributed by atoms with Crippen LogP contribution in [0.25, 0.3) is 0 Å². The van der Waals surface area contributed by atoms with Gasteiger partial charge in [-0.25, -0.2) is 0 Å². The van der Waals surface area contributed by atoms with E-state index >= 15 is 0 Å². The van der Waals surface area contributed by atoms with Gasteiger partial charge in [-0.3, -0.25) is 9.69 Å². The number of hydrogen-bond donors (Lipinski definition) is 2. The molecule has 0 unspecified atom stereocenters. The standard InChI is InChI=1S/C10H12N2O6.Na/c1-4(13)6-8(14)12-7(10(15)16)5(2-11-17)3-18-9(6)12;/h2,4,6,9,13,17H,3H2,1H3,(H,15,16);/q;+1/p-1/t4-,6+,9-;/m1./s1. The van der Waals surface area contributed by atoms with Gasteiger partial charge in [0.25, 0.3) is 0 Å². The maximum absolute atomic E-state index is 11.8. The summed E-state index contributed by atoms with van der Waals surface area (Å²) >= 11 is 0. The van der Waals surface area contributed by atoms with E-state index in [4.69, 9.17) is 9.94 Å². The Morgan fingerprint density at radius 3 is 2.79 bits per heavy atom. The minimum Gasteiger partial charge on any atom is -0.543 e. The molecule has 1 amide bonds. The molecule has 2 rings (SSSR count). The second kappa shape index (κ2) is 6.02. The molecule has 0 radical (unpaired) electrons. The molecule has 0 aromatic carbocycles. The molecule has 2 heterocycles. The number of aliphatic carboxylic acids is 1. The van der Waals surface area contributed by atoms with E-state index in [9.17, 15) is 19.8 Å². The van der Waals surface area contributed by atoms with Gasteiger partial charge in [0.2, 0.25) is 5.91 Å². The van der Waals surface area contributed by atoms with Crippen LogP contribution in [-0.4, -0.2) is 52.2 Å². The third-order valence-corrected chi connectivity index (χ3v) is 2.97.